The first kappa shape index (κ1) is 30.9. The minimum Gasteiger partial charge on any atom is -0.507 e. The number of aliphatic imine (C=N–C) groups is 2. The maximum atomic E-state index is 11.2. The highest BCUT2D eigenvalue weighted by Gasteiger charge is 2.28. The molecule has 5 nitrogen and oxygen atoms in total. The summed E-state index contributed by atoms with van der Waals surface area (Å²) >= 11 is 0. The number of nitrogens with zero attached hydrogens (tertiary/aromatic N) is 2. The number of phenolic OH excluding ortho intramolecular Hbond substituents is 2. The van der Waals surface area contributed by atoms with Crippen LogP contribution in [0.5, 0.6) is 11.5 Å². The zero-order chi connectivity index (χ0) is 29.6. The predicted octanol–water partition coefficient (Wildman–Crippen LogP) is 7.17. The summed E-state index contributed by atoms with van der Waals surface area (Å²) in [6.45, 7) is 27.3. The van der Waals surface area contributed by atoms with Crippen LogP contribution in [0.2, 0.25) is 0 Å². The van der Waals surface area contributed by atoms with E-state index in [0.717, 1.165) is 22.3 Å². The Morgan fingerprint density at radius 3 is 1.21 bits per heavy atom. The molecule has 1 saturated heterocycles. The minimum absolute atomic E-state index is 0.0481. The minimum atomic E-state index is -0.189. The lowest BCUT2D eigenvalue weighted by atomic mass is 9.79. The average molecular weight is 534 g/mol. The molecule has 39 heavy (non-hydrogen) atoms. The molecule has 1 fully saturated rings. The van der Waals surface area contributed by atoms with Gasteiger partial charge in [0.05, 0.1) is 12.1 Å². The molecule has 1 heterocycles. The van der Waals surface area contributed by atoms with E-state index in [9.17, 15) is 10.2 Å². The van der Waals surface area contributed by atoms with Gasteiger partial charge in [-0.1, -0.05) is 95.2 Å². The summed E-state index contributed by atoms with van der Waals surface area (Å²) in [5.41, 5.74) is 5.22. The van der Waals surface area contributed by atoms with E-state index in [4.69, 9.17) is 9.98 Å². The molecule has 2 aromatic rings. The Balaban J connectivity index is 1.96. The monoisotopic (exact) mass is 533 g/mol. The lowest BCUT2D eigenvalue weighted by molar-refractivity contribution is 0.443. The number of hydrogen-bond acceptors (Lipinski definition) is 5. The molecule has 0 amide bonds. The highest BCUT2D eigenvalue weighted by atomic mass is 16.3. The van der Waals surface area contributed by atoms with Crippen molar-refractivity contribution in [3.8, 4) is 11.5 Å². The third-order valence-corrected chi connectivity index (χ3v) is 7.59. The molecule has 0 radical (unpaired) electrons. The van der Waals surface area contributed by atoms with E-state index < -0.39 is 0 Å². The van der Waals surface area contributed by atoms with E-state index in [0.29, 0.717) is 24.6 Å². The molecular weight excluding hydrogens is 482 g/mol. The molecule has 1 aliphatic heterocycles. The van der Waals surface area contributed by atoms with E-state index in [-0.39, 0.29) is 33.7 Å². The number of aromatic hydroxyl groups is 2. The van der Waals surface area contributed by atoms with E-state index in [1.807, 2.05) is 12.4 Å². The average Bonchev–Trinajstić information content (AvgIpc) is 3.21. The second-order valence-electron chi connectivity index (χ2n) is 15.3. The second kappa shape index (κ2) is 10.7. The summed E-state index contributed by atoms with van der Waals surface area (Å²) in [5.74, 6) is 0.591. The van der Waals surface area contributed by atoms with E-state index in [1.54, 1.807) is 0 Å². The van der Waals surface area contributed by atoms with Crippen LogP contribution in [0.3, 0.4) is 0 Å². The Hall–Kier alpha value is -2.66. The predicted molar refractivity (Wildman–Crippen MR) is 167 cm³/mol. The maximum Gasteiger partial charge on any atom is 0.128 e. The third-order valence-electron chi connectivity index (χ3n) is 7.59. The van der Waals surface area contributed by atoms with Gasteiger partial charge >= 0.3 is 0 Å². The zero-order valence-electron chi connectivity index (χ0n) is 26.3. The first-order valence-electron chi connectivity index (χ1n) is 14.2. The lowest BCUT2D eigenvalue weighted by Gasteiger charge is -2.27. The van der Waals surface area contributed by atoms with Crippen molar-refractivity contribution in [2.75, 3.05) is 13.1 Å². The molecular formula is C34H51N3O2. The van der Waals surface area contributed by atoms with Crippen molar-refractivity contribution in [2.45, 2.75) is 117 Å². The van der Waals surface area contributed by atoms with Crippen LogP contribution < -0.4 is 5.32 Å². The Labute approximate surface area is 236 Å². The molecule has 0 unspecified atom stereocenters. The smallest absolute Gasteiger partial charge is 0.128 e. The van der Waals surface area contributed by atoms with Gasteiger partial charge in [0, 0.05) is 47.8 Å². The molecule has 5 heteroatoms. The van der Waals surface area contributed by atoms with Crippen LogP contribution in [0.25, 0.3) is 0 Å². The van der Waals surface area contributed by atoms with Crippen LogP contribution >= 0.6 is 0 Å². The molecule has 3 N–H and O–H groups in total. The van der Waals surface area contributed by atoms with E-state index >= 15 is 0 Å². The molecule has 2 atom stereocenters. The fourth-order valence-corrected chi connectivity index (χ4v) is 4.83. The molecule has 0 aliphatic carbocycles. The third kappa shape index (κ3) is 7.30. The van der Waals surface area contributed by atoms with Crippen LogP contribution in [-0.4, -0.2) is 47.8 Å². The summed E-state index contributed by atoms with van der Waals surface area (Å²) in [6.07, 6.45) is 3.63. The SMILES string of the molecule is CC(C)(C)c1cc(C=N[C@@H]2CNC[C@H]2N=Cc2cc(C(C)(C)C)cc(C(C)(C)C)c2O)c(O)c(C(C)(C)C)c1. The van der Waals surface area contributed by atoms with Crippen molar-refractivity contribution in [3.63, 3.8) is 0 Å². The van der Waals surface area contributed by atoms with Crippen LogP contribution in [0.4, 0.5) is 0 Å². The standard InChI is InChI=1S/C34H51N3O2/c1-31(2,3)23-13-21(29(38)25(15-23)33(7,8)9)17-36-27-19-35-20-28(27)37-18-22-14-24(32(4,5)6)16-26(30(22)39)34(10,11)12/h13-18,27-28,35,38-39H,19-20H2,1-12H3/t27-,28-/m1/s1. The highest BCUT2D eigenvalue weighted by molar-refractivity contribution is 5.86. The van der Waals surface area contributed by atoms with Crippen molar-refractivity contribution in [3.05, 3.63) is 57.6 Å². The van der Waals surface area contributed by atoms with E-state index in [1.165, 1.54) is 11.1 Å². The number of phenols is 2. The van der Waals surface area contributed by atoms with Gasteiger partial charge in [-0.05, 0) is 44.9 Å². The van der Waals surface area contributed by atoms with Crippen LogP contribution in [-0.2, 0) is 21.7 Å². The van der Waals surface area contributed by atoms with Crippen molar-refractivity contribution in [2.24, 2.45) is 9.98 Å². The normalized spacial score (nSPS) is 19.5. The van der Waals surface area contributed by atoms with Gasteiger partial charge in [-0.25, -0.2) is 0 Å². The van der Waals surface area contributed by atoms with Crippen LogP contribution in [0.15, 0.2) is 34.3 Å². The van der Waals surface area contributed by atoms with Gasteiger partial charge in [-0.15, -0.1) is 0 Å². The second-order valence-corrected chi connectivity index (χ2v) is 15.3. The highest BCUT2D eigenvalue weighted by Crippen LogP contribution is 2.38. The fraction of sp³-hybridized carbons (Fsp3) is 0.588. The van der Waals surface area contributed by atoms with Gasteiger partial charge < -0.3 is 15.5 Å². The first-order chi connectivity index (χ1) is 17.7. The number of rotatable bonds is 4. The number of nitrogens with one attached hydrogen (secondary N) is 1. The van der Waals surface area contributed by atoms with Crippen LogP contribution in [0, 0.1) is 0 Å². The zero-order valence-corrected chi connectivity index (χ0v) is 26.3. The van der Waals surface area contributed by atoms with E-state index in [2.05, 4.69) is 113 Å². The summed E-state index contributed by atoms with van der Waals surface area (Å²) in [4.78, 5) is 9.81. The molecule has 0 spiro atoms. The van der Waals surface area contributed by atoms with Gasteiger partial charge in [-0.2, -0.15) is 0 Å². The fourth-order valence-electron chi connectivity index (χ4n) is 4.83. The van der Waals surface area contributed by atoms with Gasteiger partial charge in [0.15, 0.2) is 0 Å². The molecule has 214 valence electrons. The quantitative estimate of drug-likeness (QED) is 0.365. The topological polar surface area (TPSA) is 77.2 Å². The van der Waals surface area contributed by atoms with Gasteiger partial charge in [-0.3, -0.25) is 9.98 Å². The summed E-state index contributed by atoms with van der Waals surface area (Å²) in [6, 6.07) is 8.23. The first-order valence-corrected chi connectivity index (χ1v) is 14.2. The van der Waals surface area contributed by atoms with Crippen molar-refractivity contribution >= 4 is 12.4 Å². The Morgan fingerprint density at radius 1 is 0.590 bits per heavy atom. The summed E-state index contributed by atoms with van der Waals surface area (Å²) < 4.78 is 0. The summed E-state index contributed by atoms with van der Waals surface area (Å²) in [7, 11) is 0. The molecule has 0 saturated carbocycles. The molecule has 2 aromatic carbocycles. The Morgan fingerprint density at radius 2 is 0.923 bits per heavy atom. The van der Waals surface area contributed by atoms with Crippen molar-refractivity contribution in [1.82, 2.24) is 5.32 Å². The van der Waals surface area contributed by atoms with Crippen LogP contribution in [0.1, 0.15) is 116 Å². The van der Waals surface area contributed by atoms with Gasteiger partial charge in [0.2, 0.25) is 0 Å². The molecule has 3 rings (SSSR count). The Bertz CT molecular complexity index is 1150. The Kier molecular flexibility index (Phi) is 8.49. The van der Waals surface area contributed by atoms with Gasteiger partial charge in [0.1, 0.15) is 11.5 Å². The van der Waals surface area contributed by atoms with Gasteiger partial charge in [0.25, 0.3) is 0 Å². The molecule has 1 aliphatic rings. The molecule has 0 aromatic heterocycles. The lowest BCUT2D eigenvalue weighted by Crippen LogP contribution is -2.21. The maximum absolute atomic E-state index is 11.2. The number of benzene rings is 2. The van der Waals surface area contributed by atoms with Crippen molar-refractivity contribution < 1.29 is 10.2 Å². The van der Waals surface area contributed by atoms with Crippen molar-refractivity contribution in [1.29, 1.82) is 0 Å². The summed E-state index contributed by atoms with van der Waals surface area (Å²) in [5, 5.41) is 25.7. The largest absolute Gasteiger partial charge is 0.507 e. The molecule has 0 bridgehead atoms. The number of hydrogen-bond donors (Lipinski definition) is 3.